The Balaban J connectivity index is 1.63. The molecule has 4 nitrogen and oxygen atoms in total. The summed E-state index contributed by atoms with van der Waals surface area (Å²) in [5.74, 6) is -1.79. The van der Waals surface area contributed by atoms with E-state index in [2.05, 4.69) is 4.90 Å². The summed E-state index contributed by atoms with van der Waals surface area (Å²) in [6.07, 6.45) is 6.76. The molecule has 1 saturated carbocycles. The Hall–Kier alpha value is -1.24. The monoisotopic (exact) mass is 355 g/mol. The number of aliphatic hydroxyl groups excluding tert-OH is 1. The van der Waals surface area contributed by atoms with E-state index >= 15 is 0 Å². The Kier molecular flexibility index (Phi) is 5.92. The second kappa shape index (κ2) is 7.98. The van der Waals surface area contributed by atoms with Gasteiger partial charge in [0.2, 0.25) is 0 Å². The molecule has 1 aliphatic heterocycles. The van der Waals surface area contributed by atoms with Gasteiger partial charge >= 0.3 is 0 Å². The predicted octanol–water partition coefficient (Wildman–Crippen LogP) is 2.86. The van der Waals surface area contributed by atoms with Crippen molar-refractivity contribution in [3.8, 4) is 5.75 Å². The van der Waals surface area contributed by atoms with Crippen LogP contribution in [-0.4, -0.2) is 52.6 Å². The summed E-state index contributed by atoms with van der Waals surface area (Å²) in [6, 6.07) is 3.70. The summed E-state index contributed by atoms with van der Waals surface area (Å²) in [5, 5.41) is 21.2. The third kappa shape index (κ3) is 4.49. The fraction of sp³-hybridized carbons (Fsp3) is 0.684. The molecule has 1 saturated heterocycles. The van der Waals surface area contributed by atoms with Gasteiger partial charge in [-0.2, -0.15) is 0 Å². The number of benzene rings is 1. The number of rotatable bonds is 4. The van der Waals surface area contributed by atoms with E-state index in [1.807, 2.05) is 0 Å². The summed E-state index contributed by atoms with van der Waals surface area (Å²) in [7, 11) is 0. The Morgan fingerprint density at radius 2 is 1.80 bits per heavy atom. The Bertz CT molecular complexity index is 578. The average Bonchev–Trinajstić information content (AvgIpc) is 2.88. The van der Waals surface area contributed by atoms with Gasteiger partial charge in [-0.3, -0.25) is 4.90 Å². The second-order valence-electron chi connectivity index (χ2n) is 7.39. The van der Waals surface area contributed by atoms with Gasteiger partial charge in [0.25, 0.3) is 0 Å². The van der Waals surface area contributed by atoms with Crippen LogP contribution in [0.5, 0.6) is 5.75 Å². The highest BCUT2D eigenvalue weighted by atomic mass is 19.2. The molecule has 0 radical (unpaired) electrons. The van der Waals surface area contributed by atoms with Gasteiger partial charge in [0, 0.05) is 25.2 Å². The zero-order valence-electron chi connectivity index (χ0n) is 14.5. The molecule has 1 aliphatic carbocycles. The van der Waals surface area contributed by atoms with Crippen LogP contribution in [0.15, 0.2) is 18.2 Å². The standard InChI is InChI=1S/C19H27F2NO3/c20-16-8-7-15(11-17(16)21)25-13-19(24)12-22(10-9-18(19)23)14-5-3-1-2-4-6-14/h7-8,11,14,18,23-24H,1-6,9-10,12-13H2/t18-,19-/m0/s1. The van der Waals surface area contributed by atoms with Gasteiger partial charge in [-0.1, -0.05) is 25.7 Å². The zero-order valence-corrected chi connectivity index (χ0v) is 14.5. The maximum absolute atomic E-state index is 13.3. The lowest BCUT2D eigenvalue weighted by atomic mass is 9.88. The van der Waals surface area contributed by atoms with Crippen LogP contribution in [-0.2, 0) is 0 Å². The van der Waals surface area contributed by atoms with Crippen LogP contribution in [0.1, 0.15) is 44.9 Å². The molecule has 1 heterocycles. The third-order valence-corrected chi connectivity index (χ3v) is 5.51. The van der Waals surface area contributed by atoms with Crippen LogP contribution >= 0.6 is 0 Å². The molecule has 3 rings (SSSR count). The highest BCUT2D eigenvalue weighted by Crippen LogP contribution is 2.29. The molecule has 2 aliphatic rings. The topological polar surface area (TPSA) is 52.9 Å². The largest absolute Gasteiger partial charge is 0.490 e. The maximum atomic E-state index is 13.3. The first-order valence-electron chi connectivity index (χ1n) is 9.20. The first-order chi connectivity index (χ1) is 12.0. The van der Waals surface area contributed by atoms with E-state index in [9.17, 15) is 19.0 Å². The van der Waals surface area contributed by atoms with Gasteiger partial charge in [-0.25, -0.2) is 8.78 Å². The fourth-order valence-electron chi connectivity index (χ4n) is 3.94. The first-order valence-corrected chi connectivity index (χ1v) is 9.20. The Morgan fingerprint density at radius 3 is 2.48 bits per heavy atom. The van der Waals surface area contributed by atoms with Crippen molar-refractivity contribution in [2.24, 2.45) is 0 Å². The first kappa shape index (κ1) is 18.5. The molecule has 2 N–H and O–H groups in total. The fourth-order valence-corrected chi connectivity index (χ4v) is 3.94. The van der Waals surface area contributed by atoms with Crippen LogP contribution in [0.2, 0.25) is 0 Å². The summed E-state index contributed by atoms with van der Waals surface area (Å²) in [5.41, 5.74) is -1.41. The number of ether oxygens (including phenoxy) is 1. The lowest BCUT2D eigenvalue weighted by Crippen LogP contribution is -2.61. The van der Waals surface area contributed by atoms with Crippen molar-refractivity contribution in [1.82, 2.24) is 4.90 Å². The molecule has 2 atom stereocenters. The third-order valence-electron chi connectivity index (χ3n) is 5.51. The Labute approximate surface area is 147 Å². The van der Waals surface area contributed by atoms with Crippen molar-refractivity contribution < 1.29 is 23.7 Å². The van der Waals surface area contributed by atoms with E-state index in [4.69, 9.17) is 4.74 Å². The van der Waals surface area contributed by atoms with Crippen LogP contribution in [0.3, 0.4) is 0 Å². The molecule has 2 fully saturated rings. The van der Waals surface area contributed by atoms with Gasteiger partial charge in [-0.05, 0) is 31.4 Å². The molecule has 0 amide bonds. The number of hydrogen-bond donors (Lipinski definition) is 2. The highest BCUT2D eigenvalue weighted by molar-refractivity contribution is 5.23. The molecule has 1 aromatic carbocycles. The number of hydrogen-bond acceptors (Lipinski definition) is 4. The summed E-state index contributed by atoms with van der Waals surface area (Å²) >= 11 is 0. The normalized spacial score (nSPS) is 29.4. The minimum atomic E-state index is -1.41. The molecule has 6 heteroatoms. The van der Waals surface area contributed by atoms with Gasteiger partial charge in [-0.15, -0.1) is 0 Å². The van der Waals surface area contributed by atoms with Crippen LogP contribution in [0.4, 0.5) is 8.78 Å². The van der Waals surface area contributed by atoms with E-state index in [0.29, 0.717) is 19.0 Å². The van der Waals surface area contributed by atoms with Crippen molar-refractivity contribution in [3.05, 3.63) is 29.8 Å². The van der Waals surface area contributed by atoms with Gasteiger partial charge < -0.3 is 14.9 Å². The minimum Gasteiger partial charge on any atom is -0.490 e. The molecule has 140 valence electrons. The molecule has 0 spiro atoms. The van der Waals surface area contributed by atoms with E-state index in [0.717, 1.165) is 31.5 Å². The van der Waals surface area contributed by atoms with Crippen LogP contribution in [0, 0.1) is 11.6 Å². The van der Waals surface area contributed by atoms with E-state index < -0.39 is 23.3 Å². The van der Waals surface area contributed by atoms with Crippen LogP contribution < -0.4 is 4.74 Å². The zero-order chi connectivity index (χ0) is 17.9. The molecule has 1 aromatic rings. The lowest BCUT2D eigenvalue weighted by molar-refractivity contribution is -0.145. The van der Waals surface area contributed by atoms with E-state index in [1.165, 1.54) is 31.7 Å². The maximum Gasteiger partial charge on any atom is 0.162 e. The smallest absolute Gasteiger partial charge is 0.162 e. The predicted molar refractivity (Wildman–Crippen MR) is 90.5 cm³/mol. The van der Waals surface area contributed by atoms with Gasteiger partial charge in [0.1, 0.15) is 18.0 Å². The van der Waals surface area contributed by atoms with Crippen molar-refractivity contribution in [1.29, 1.82) is 0 Å². The number of β-amino-alcohol motifs (C(OH)–C–C–N with tert-alkyl or cyclic N) is 1. The molecule has 0 bridgehead atoms. The number of halogens is 2. The van der Waals surface area contributed by atoms with E-state index in [-0.39, 0.29) is 12.4 Å². The van der Waals surface area contributed by atoms with Crippen molar-refractivity contribution in [3.63, 3.8) is 0 Å². The SMILES string of the molecule is O[C@H]1CCN(C2CCCCCC2)C[C@]1(O)COc1ccc(F)c(F)c1. The minimum absolute atomic E-state index is 0.145. The van der Waals surface area contributed by atoms with Gasteiger partial charge in [0.15, 0.2) is 11.6 Å². The van der Waals surface area contributed by atoms with Gasteiger partial charge in [0.05, 0.1) is 6.10 Å². The van der Waals surface area contributed by atoms with Crippen LogP contribution in [0.25, 0.3) is 0 Å². The highest BCUT2D eigenvalue weighted by Gasteiger charge is 2.43. The number of piperidine rings is 1. The molecule has 25 heavy (non-hydrogen) atoms. The Morgan fingerprint density at radius 1 is 1.08 bits per heavy atom. The average molecular weight is 355 g/mol. The molecular weight excluding hydrogens is 328 g/mol. The summed E-state index contributed by atoms with van der Waals surface area (Å²) < 4.78 is 31.8. The van der Waals surface area contributed by atoms with Crippen molar-refractivity contribution in [2.45, 2.75) is 62.7 Å². The number of nitrogens with zero attached hydrogens (tertiary/aromatic N) is 1. The second-order valence-corrected chi connectivity index (χ2v) is 7.39. The summed E-state index contributed by atoms with van der Waals surface area (Å²) in [4.78, 5) is 2.26. The quantitative estimate of drug-likeness (QED) is 0.816. The molecular formula is C19H27F2NO3. The van der Waals surface area contributed by atoms with E-state index in [1.54, 1.807) is 0 Å². The number of likely N-dealkylation sites (tertiary alicyclic amines) is 1. The molecule has 0 unspecified atom stereocenters. The summed E-state index contributed by atoms with van der Waals surface area (Å²) in [6.45, 7) is 0.949. The number of aliphatic hydroxyl groups is 2. The lowest BCUT2D eigenvalue weighted by Gasteiger charge is -2.45. The van der Waals surface area contributed by atoms with Crippen molar-refractivity contribution >= 4 is 0 Å². The van der Waals surface area contributed by atoms with Crippen molar-refractivity contribution in [2.75, 3.05) is 19.7 Å². The molecule has 0 aromatic heterocycles.